The molecule has 0 aliphatic heterocycles. The molecule has 2 aromatic carbocycles. The second-order valence-electron chi connectivity index (χ2n) is 4.95. The Bertz CT molecular complexity index is 670. The maximum absolute atomic E-state index is 12.3. The number of rotatable bonds is 7. The topological polar surface area (TPSA) is 56.8 Å². The van der Waals surface area contributed by atoms with Crippen LogP contribution >= 0.6 is 0 Å². The van der Waals surface area contributed by atoms with Crippen molar-refractivity contribution in [3.05, 3.63) is 59.2 Å². The number of methoxy groups -OCH3 is 3. The number of benzene rings is 2. The van der Waals surface area contributed by atoms with E-state index >= 15 is 0 Å². The first-order valence-electron chi connectivity index (χ1n) is 7.25. The second-order valence-corrected chi connectivity index (χ2v) is 4.95. The van der Waals surface area contributed by atoms with Crippen LogP contribution in [0.25, 0.3) is 0 Å². The van der Waals surface area contributed by atoms with Crippen LogP contribution in [0.2, 0.25) is 0 Å². The Morgan fingerprint density at radius 2 is 1.65 bits per heavy atom. The highest BCUT2D eigenvalue weighted by Crippen LogP contribution is 2.27. The summed E-state index contributed by atoms with van der Waals surface area (Å²) in [6, 6.07) is 12.9. The minimum atomic E-state index is -0.168. The number of amides is 1. The van der Waals surface area contributed by atoms with Gasteiger partial charge in [-0.2, -0.15) is 0 Å². The molecular weight excluding hydrogens is 294 g/mol. The fraction of sp³-hybridized carbons (Fsp3) is 0.278. The van der Waals surface area contributed by atoms with E-state index in [9.17, 15) is 4.79 Å². The molecule has 0 fully saturated rings. The second kappa shape index (κ2) is 8.19. The van der Waals surface area contributed by atoms with Gasteiger partial charge in [0.1, 0.15) is 0 Å². The molecular formula is C18H21NO4. The molecule has 0 aromatic heterocycles. The molecule has 0 saturated heterocycles. The number of carbonyl (C=O) groups is 1. The molecule has 0 saturated carbocycles. The van der Waals surface area contributed by atoms with Gasteiger partial charge in [-0.3, -0.25) is 4.79 Å². The lowest BCUT2D eigenvalue weighted by Crippen LogP contribution is -2.23. The van der Waals surface area contributed by atoms with Gasteiger partial charge < -0.3 is 19.5 Å². The van der Waals surface area contributed by atoms with Gasteiger partial charge in [0.2, 0.25) is 0 Å². The average molecular weight is 315 g/mol. The van der Waals surface area contributed by atoms with Gasteiger partial charge in [-0.05, 0) is 29.3 Å². The molecule has 0 heterocycles. The summed E-state index contributed by atoms with van der Waals surface area (Å²) in [6.45, 7) is 0.953. The van der Waals surface area contributed by atoms with Crippen LogP contribution in [0.4, 0.5) is 0 Å². The number of hydrogen-bond acceptors (Lipinski definition) is 4. The van der Waals surface area contributed by atoms with Crippen molar-refractivity contribution in [1.82, 2.24) is 5.32 Å². The van der Waals surface area contributed by atoms with E-state index in [2.05, 4.69) is 5.32 Å². The average Bonchev–Trinajstić information content (AvgIpc) is 2.60. The van der Waals surface area contributed by atoms with E-state index in [-0.39, 0.29) is 5.91 Å². The highest BCUT2D eigenvalue weighted by Gasteiger charge is 2.11. The van der Waals surface area contributed by atoms with Gasteiger partial charge in [-0.1, -0.05) is 24.3 Å². The molecule has 2 rings (SSSR count). The quantitative estimate of drug-likeness (QED) is 0.853. The van der Waals surface area contributed by atoms with E-state index in [0.717, 1.165) is 11.1 Å². The molecule has 23 heavy (non-hydrogen) atoms. The smallest absolute Gasteiger partial charge is 0.251 e. The van der Waals surface area contributed by atoms with Gasteiger partial charge in [0.15, 0.2) is 11.5 Å². The standard InChI is InChI=1S/C18H21NO4/c1-21-12-15-7-5-4-6-14(15)11-19-18(20)13-8-9-16(22-2)17(10-13)23-3/h4-10H,11-12H2,1-3H3,(H,19,20). The first kappa shape index (κ1) is 16.8. The minimum absolute atomic E-state index is 0.168. The van der Waals surface area contributed by atoms with Crippen molar-refractivity contribution < 1.29 is 19.0 Å². The first-order chi connectivity index (χ1) is 11.2. The van der Waals surface area contributed by atoms with E-state index in [0.29, 0.717) is 30.2 Å². The third-order valence-electron chi connectivity index (χ3n) is 3.50. The van der Waals surface area contributed by atoms with Crippen LogP contribution in [-0.4, -0.2) is 27.2 Å². The summed E-state index contributed by atoms with van der Waals surface area (Å²) in [5.74, 6) is 0.951. The number of carbonyl (C=O) groups excluding carboxylic acids is 1. The fourth-order valence-electron chi connectivity index (χ4n) is 2.28. The Balaban J connectivity index is 2.08. The first-order valence-corrected chi connectivity index (χ1v) is 7.25. The Hall–Kier alpha value is -2.53. The van der Waals surface area contributed by atoms with Gasteiger partial charge in [0, 0.05) is 19.2 Å². The molecule has 5 heteroatoms. The van der Waals surface area contributed by atoms with Crippen molar-refractivity contribution in [2.75, 3.05) is 21.3 Å². The summed E-state index contributed by atoms with van der Waals surface area (Å²) in [6.07, 6.45) is 0. The van der Waals surface area contributed by atoms with Crippen LogP contribution in [0, 0.1) is 0 Å². The summed E-state index contributed by atoms with van der Waals surface area (Å²) in [4.78, 5) is 12.3. The summed E-state index contributed by atoms with van der Waals surface area (Å²) < 4.78 is 15.6. The van der Waals surface area contributed by atoms with Gasteiger partial charge in [0.25, 0.3) is 5.91 Å². The molecule has 0 unspecified atom stereocenters. The predicted octanol–water partition coefficient (Wildman–Crippen LogP) is 2.78. The molecule has 0 bridgehead atoms. The van der Waals surface area contributed by atoms with Crippen LogP contribution < -0.4 is 14.8 Å². The number of nitrogens with one attached hydrogen (secondary N) is 1. The van der Waals surface area contributed by atoms with E-state index in [1.54, 1.807) is 39.5 Å². The molecule has 0 aliphatic rings. The van der Waals surface area contributed by atoms with Crippen LogP contribution in [-0.2, 0) is 17.9 Å². The zero-order valence-electron chi connectivity index (χ0n) is 13.6. The van der Waals surface area contributed by atoms with Crippen LogP contribution in [0.3, 0.4) is 0 Å². The summed E-state index contributed by atoms with van der Waals surface area (Å²) in [5, 5.41) is 2.91. The van der Waals surface area contributed by atoms with E-state index in [4.69, 9.17) is 14.2 Å². The normalized spacial score (nSPS) is 10.2. The monoisotopic (exact) mass is 315 g/mol. The Morgan fingerprint density at radius 1 is 0.957 bits per heavy atom. The summed E-state index contributed by atoms with van der Waals surface area (Å²) >= 11 is 0. The zero-order chi connectivity index (χ0) is 16.7. The van der Waals surface area contributed by atoms with Crippen LogP contribution in [0.1, 0.15) is 21.5 Å². The van der Waals surface area contributed by atoms with Gasteiger partial charge in [-0.25, -0.2) is 0 Å². The van der Waals surface area contributed by atoms with Gasteiger partial charge in [0.05, 0.1) is 20.8 Å². The lowest BCUT2D eigenvalue weighted by atomic mass is 10.1. The van der Waals surface area contributed by atoms with Gasteiger partial charge >= 0.3 is 0 Å². The van der Waals surface area contributed by atoms with Crippen molar-refractivity contribution in [3.63, 3.8) is 0 Å². The summed E-state index contributed by atoms with van der Waals surface area (Å²) in [7, 11) is 4.75. The Kier molecular flexibility index (Phi) is 6.00. The lowest BCUT2D eigenvalue weighted by molar-refractivity contribution is 0.0950. The molecule has 1 amide bonds. The van der Waals surface area contributed by atoms with Crippen LogP contribution in [0.15, 0.2) is 42.5 Å². The molecule has 0 spiro atoms. The third-order valence-corrected chi connectivity index (χ3v) is 3.50. The minimum Gasteiger partial charge on any atom is -0.493 e. The van der Waals surface area contributed by atoms with Crippen molar-refractivity contribution in [2.45, 2.75) is 13.2 Å². The Morgan fingerprint density at radius 3 is 2.30 bits per heavy atom. The van der Waals surface area contributed by atoms with Crippen molar-refractivity contribution in [3.8, 4) is 11.5 Å². The molecule has 0 atom stereocenters. The molecule has 0 radical (unpaired) electrons. The predicted molar refractivity (Wildman–Crippen MR) is 87.9 cm³/mol. The fourth-order valence-corrected chi connectivity index (χ4v) is 2.28. The summed E-state index contributed by atoms with van der Waals surface area (Å²) in [5.41, 5.74) is 2.61. The Labute approximate surface area is 136 Å². The third kappa shape index (κ3) is 4.23. The zero-order valence-corrected chi connectivity index (χ0v) is 13.6. The largest absolute Gasteiger partial charge is 0.493 e. The number of ether oxygens (including phenoxy) is 3. The highest BCUT2D eigenvalue weighted by atomic mass is 16.5. The van der Waals surface area contributed by atoms with Gasteiger partial charge in [-0.15, -0.1) is 0 Å². The van der Waals surface area contributed by atoms with E-state index in [1.807, 2.05) is 24.3 Å². The lowest BCUT2D eigenvalue weighted by Gasteiger charge is -2.12. The van der Waals surface area contributed by atoms with E-state index in [1.165, 1.54) is 0 Å². The molecule has 0 aliphatic carbocycles. The molecule has 1 N–H and O–H groups in total. The number of hydrogen-bond donors (Lipinski definition) is 1. The van der Waals surface area contributed by atoms with Crippen molar-refractivity contribution in [1.29, 1.82) is 0 Å². The SMILES string of the molecule is COCc1ccccc1CNC(=O)c1ccc(OC)c(OC)c1. The van der Waals surface area contributed by atoms with E-state index < -0.39 is 0 Å². The molecule has 2 aromatic rings. The maximum Gasteiger partial charge on any atom is 0.251 e. The maximum atomic E-state index is 12.3. The van der Waals surface area contributed by atoms with Crippen molar-refractivity contribution >= 4 is 5.91 Å². The van der Waals surface area contributed by atoms with Crippen LogP contribution in [0.5, 0.6) is 11.5 Å². The highest BCUT2D eigenvalue weighted by molar-refractivity contribution is 5.94. The molecule has 5 nitrogen and oxygen atoms in total. The molecule has 122 valence electrons. The van der Waals surface area contributed by atoms with Crippen molar-refractivity contribution in [2.24, 2.45) is 0 Å².